The number of nitrogens with zero attached hydrogens (tertiary/aromatic N) is 1. The van der Waals surface area contributed by atoms with E-state index in [1.54, 1.807) is 0 Å². The summed E-state index contributed by atoms with van der Waals surface area (Å²) in [6, 6.07) is 0. The molecule has 3 atom stereocenters. The fraction of sp³-hybridized carbons (Fsp3) is 0.671. The van der Waals surface area contributed by atoms with Gasteiger partial charge >= 0.3 is 23.9 Å². The quantitative estimate of drug-likeness (QED) is 0.0259. The third-order valence-electron chi connectivity index (χ3n) is 16.3. The Morgan fingerprint density at radius 2 is 0.635 bits per heavy atom. The molecule has 0 aromatic heterocycles. The third kappa shape index (κ3) is 70.0. The molecule has 0 bridgehead atoms. The molecular formula is C85H141NO10. The van der Waals surface area contributed by atoms with Crippen LogP contribution in [0.15, 0.2) is 146 Å². The summed E-state index contributed by atoms with van der Waals surface area (Å²) < 4.78 is 23.0. The summed E-state index contributed by atoms with van der Waals surface area (Å²) >= 11 is 0. The minimum atomic E-state index is -0.975. The van der Waals surface area contributed by atoms with Crippen LogP contribution in [0.5, 0.6) is 0 Å². The van der Waals surface area contributed by atoms with Gasteiger partial charge in [0.25, 0.3) is 0 Å². The van der Waals surface area contributed by atoms with Crippen molar-refractivity contribution in [2.75, 3.05) is 39.5 Å². The molecule has 0 amide bonds. The van der Waals surface area contributed by atoms with Crippen LogP contribution in [0.1, 0.15) is 310 Å². The molecule has 0 rings (SSSR count). The van der Waals surface area contributed by atoms with Gasteiger partial charge in [0.05, 0.1) is 38.8 Å². The molecule has 0 aromatic rings. The molecule has 0 aliphatic heterocycles. The highest BCUT2D eigenvalue weighted by molar-refractivity contribution is 5.70. The number of rotatable bonds is 69. The van der Waals surface area contributed by atoms with Crippen molar-refractivity contribution in [2.45, 2.75) is 329 Å². The molecule has 2 N–H and O–H groups in total. The predicted octanol–water partition coefficient (Wildman–Crippen LogP) is 22.5. The summed E-state index contributed by atoms with van der Waals surface area (Å²) in [5.41, 5.74) is 0. The molecule has 3 unspecified atom stereocenters. The molecule has 0 saturated heterocycles. The molecule has 96 heavy (non-hydrogen) atoms. The van der Waals surface area contributed by atoms with Crippen molar-refractivity contribution >= 4 is 23.9 Å². The number of carbonyl (C=O) groups is 4. The zero-order valence-corrected chi connectivity index (χ0v) is 61.6. The summed E-state index contributed by atoms with van der Waals surface area (Å²) in [5, 5.41) is 19.6. The first kappa shape index (κ1) is 90.6. The van der Waals surface area contributed by atoms with E-state index in [1.807, 2.05) is 4.90 Å². The van der Waals surface area contributed by atoms with Gasteiger partial charge in [-0.1, -0.05) is 263 Å². The lowest BCUT2D eigenvalue weighted by Gasteiger charge is -2.23. The van der Waals surface area contributed by atoms with Crippen LogP contribution < -0.4 is 0 Å². The van der Waals surface area contributed by atoms with Crippen LogP contribution >= 0.6 is 0 Å². The van der Waals surface area contributed by atoms with E-state index in [1.165, 1.54) is 38.5 Å². The second kappa shape index (κ2) is 75.4. The van der Waals surface area contributed by atoms with Crippen molar-refractivity contribution in [3.05, 3.63) is 146 Å². The summed E-state index contributed by atoms with van der Waals surface area (Å²) in [5.74, 6) is -0.792. The monoisotopic (exact) mass is 1340 g/mol. The third-order valence-corrected chi connectivity index (χ3v) is 16.3. The number of ether oxygens (including phenoxy) is 4. The van der Waals surface area contributed by atoms with Crippen LogP contribution in [-0.2, 0) is 38.1 Å². The number of allylic oxidation sites excluding steroid dienone is 22. The topological polar surface area (TPSA) is 149 Å². The number of aliphatic hydroxyl groups is 2. The zero-order valence-electron chi connectivity index (χ0n) is 61.6. The van der Waals surface area contributed by atoms with Gasteiger partial charge in [0, 0.05) is 45.3 Å². The van der Waals surface area contributed by atoms with E-state index in [0.29, 0.717) is 39.1 Å². The van der Waals surface area contributed by atoms with Crippen molar-refractivity contribution in [1.82, 2.24) is 4.90 Å². The van der Waals surface area contributed by atoms with Gasteiger partial charge in [-0.05, 0) is 154 Å². The highest BCUT2D eigenvalue weighted by atomic mass is 16.6. The Hall–Kier alpha value is -5.36. The summed E-state index contributed by atoms with van der Waals surface area (Å²) in [6.45, 7) is 9.84. The molecule has 546 valence electrons. The lowest BCUT2D eigenvalue weighted by Crippen LogP contribution is -2.37. The molecule has 0 saturated carbocycles. The molecule has 0 fully saturated rings. The molecule has 0 aromatic carbocycles. The van der Waals surface area contributed by atoms with Gasteiger partial charge < -0.3 is 29.2 Å². The van der Waals surface area contributed by atoms with E-state index < -0.39 is 12.7 Å². The van der Waals surface area contributed by atoms with Gasteiger partial charge in [0.15, 0.2) is 0 Å². The SMILES string of the molecule is CC/C=C\C/C=C\C/C=C\C/C=C\C/C=C\CCCC(=O)OC(C/C=C\CCCCCCCCOC(=O)CCN(CCC(=O)OCCCCCCCC/C=C\CC(CCCCCC)OC(=O)CCC/C=C\C/C=C\C/C=C\C/C=C\C/C=C\CC)CC(O)CO)CCCCCC. The Kier molecular flexibility index (Phi) is 71.2. The fourth-order valence-electron chi connectivity index (χ4n) is 10.5. The maximum absolute atomic E-state index is 12.8. The Morgan fingerprint density at radius 3 is 0.979 bits per heavy atom. The molecule has 0 spiro atoms. The number of esters is 4. The van der Waals surface area contributed by atoms with Crippen LogP contribution in [0.4, 0.5) is 0 Å². The summed E-state index contributed by atoms with van der Waals surface area (Å²) in [7, 11) is 0. The predicted molar refractivity (Wildman–Crippen MR) is 407 cm³/mol. The second-order valence-electron chi connectivity index (χ2n) is 25.4. The highest BCUT2D eigenvalue weighted by Gasteiger charge is 2.17. The van der Waals surface area contributed by atoms with Crippen LogP contribution in [0.25, 0.3) is 0 Å². The lowest BCUT2D eigenvalue weighted by atomic mass is 10.1. The standard InChI is InChI=1S/C85H141NO10/c1-5-9-13-17-19-21-23-25-27-29-31-33-35-41-47-53-61-69-84(91)95-80(65-57-15-11-7-3)67-59-51-45-39-37-43-49-55-63-75-93-82(89)71-73-86(77-79(88)78-87)74-72-83(90)94-76-64-56-50-44-38-40-46-52-60-68-81(66-58-16-12-8-4)96-85(92)70-62-54-48-42-36-34-32-30-28-26-24-22-20-18-14-10-6-2/h9-10,13-14,19-22,25-28,31-34,41-42,47-48,51-52,59-60,79-81,87-88H,5-8,11-12,15-18,23-24,29-30,35-40,43-46,49-50,53-58,61-78H2,1-4H3/b13-9-,14-10-,21-19-,22-20-,27-25-,28-26-,33-31-,34-32-,47-41-,48-42-,59-51-,60-52-. The maximum Gasteiger partial charge on any atom is 0.307 e. The Balaban J connectivity index is 4.30. The second-order valence-corrected chi connectivity index (χ2v) is 25.4. The molecule has 11 heteroatoms. The largest absolute Gasteiger partial charge is 0.466 e. The Morgan fingerprint density at radius 1 is 0.333 bits per heavy atom. The average Bonchev–Trinajstić information content (AvgIpc) is 3.72. The van der Waals surface area contributed by atoms with Gasteiger partial charge in [0.2, 0.25) is 0 Å². The van der Waals surface area contributed by atoms with E-state index in [9.17, 15) is 29.4 Å². The fourth-order valence-corrected chi connectivity index (χ4v) is 10.5. The van der Waals surface area contributed by atoms with Crippen molar-refractivity contribution in [1.29, 1.82) is 0 Å². The van der Waals surface area contributed by atoms with E-state index in [-0.39, 0.29) is 55.5 Å². The first-order valence-electron chi connectivity index (χ1n) is 38.7. The minimum absolute atomic E-state index is 0.0577. The normalized spacial score (nSPS) is 13.6. The number of aliphatic hydroxyl groups excluding tert-OH is 2. The van der Waals surface area contributed by atoms with Gasteiger partial charge in [-0.2, -0.15) is 0 Å². The van der Waals surface area contributed by atoms with Crippen molar-refractivity contribution in [3.63, 3.8) is 0 Å². The number of unbranched alkanes of at least 4 members (excludes halogenated alkanes) is 20. The van der Waals surface area contributed by atoms with Gasteiger partial charge in [-0.3, -0.25) is 24.1 Å². The number of hydrogen-bond donors (Lipinski definition) is 2. The van der Waals surface area contributed by atoms with E-state index in [4.69, 9.17) is 18.9 Å². The maximum atomic E-state index is 12.8. The molecule has 0 heterocycles. The summed E-state index contributed by atoms with van der Waals surface area (Å²) in [6.07, 6.45) is 93.4. The Labute approximate surface area is 588 Å². The van der Waals surface area contributed by atoms with Crippen molar-refractivity contribution in [3.8, 4) is 0 Å². The van der Waals surface area contributed by atoms with Crippen molar-refractivity contribution < 1.29 is 48.3 Å². The lowest BCUT2D eigenvalue weighted by molar-refractivity contribution is -0.150. The first-order valence-corrected chi connectivity index (χ1v) is 38.7. The van der Waals surface area contributed by atoms with Crippen LogP contribution in [0.2, 0.25) is 0 Å². The average molecular weight is 1340 g/mol. The van der Waals surface area contributed by atoms with E-state index in [0.717, 1.165) is 218 Å². The van der Waals surface area contributed by atoms with Crippen molar-refractivity contribution in [2.24, 2.45) is 0 Å². The number of hydrogen-bond acceptors (Lipinski definition) is 11. The van der Waals surface area contributed by atoms with Crippen LogP contribution in [0.3, 0.4) is 0 Å². The highest BCUT2D eigenvalue weighted by Crippen LogP contribution is 2.18. The van der Waals surface area contributed by atoms with Gasteiger partial charge in [0.1, 0.15) is 12.2 Å². The molecule has 0 radical (unpaired) electrons. The molecule has 11 nitrogen and oxygen atoms in total. The van der Waals surface area contributed by atoms with Crippen LogP contribution in [0, 0.1) is 0 Å². The van der Waals surface area contributed by atoms with Gasteiger partial charge in [-0.15, -0.1) is 0 Å². The van der Waals surface area contributed by atoms with E-state index in [2.05, 4.69) is 174 Å². The van der Waals surface area contributed by atoms with E-state index >= 15 is 0 Å². The molecular weight excluding hydrogens is 1190 g/mol. The molecule has 0 aliphatic carbocycles. The first-order chi connectivity index (χ1) is 47.2. The zero-order chi connectivity index (χ0) is 69.8. The number of carbonyl (C=O) groups excluding carboxylic acids is 4. The Bertz CT molecular complexity index is 2010. The summed E-state index contributed by atoms with van der Waals surface area (Å²) in [4.78, 5) is 52.6. The molecule has 0 aliphatic rings. The van der Waals surface area contributed by atoms with Crippen LogP contribution in [-0.4, -0.2) is 96.8 Å². The van der Waals surface area contributed by atoms with Gasteiger partial charge in [-0.25, -0.2) is 0 Å². The smallest absolute Gasteiger partial charge is 0.307 e. The minimum Gasteiger partial charge on any atom is -0.466 e.